The predicted molar refractivity (Wildman–Crippen MR) is 127 cm³/mol. The molecule has 3 rings (SSSR count). The van der Waals surface area contributed by atoms with Gasteiger partial charge in [0, 0.05) is 22.6 Å². The summed E-state index contributed by atoms with van der Waals surface area (Å²) in [7, 11) is -2.52. The molecule has 0 aromatic rings. The molecule has 0 N–H and O–H groups in total. The highest BCUT2D eigenvalue weighted by molar-refractivity contribution is 14.1. The zero-order chi connectivity index (χ0) is 21.1. The third kappa shape index (κ3) is 3.41. The van der Waals surface area contributed by atoms with Crippen LogP contribution < -0.4 is 0 Å². The first kappa shape index (κ1) is 23.0. The van der Waals surface area contributed by atoms with Gasteiger partial charge in [-0.25, -0.2) is 0 Å². The van der Waals surface area contributed by atoms with Crippen LogP contribution in [0.5, 0.6) is 0 Å². The molecule has 3 fully saturated rings. The molecule has 3 nitrogen and oxygen atoms in total. The monoisotopic (exact) mass is 518 g/mol. The van der Waals surface area contributed by atoms with Crippen LogP contribution >= 0.6 is 22.6 Å². The van der Waals surface area contributed by atoms with Crippen LogP contribution in [0.3, 0.4) is 0 Å². The third-order valence-corrected chi connectivity index (χ3v) is 13.2. The minimum Gasteiger partial charge on any atom is -0.393 e. The van der Waals surface area contributed by atoms with Gasteiger partial charge in [-0.3, -0.25) is 0 Å². The van der Waals surface area contributed by atoms with Crippen LogP contribution in [-0.2, 0) is 13.6 Å². The fourth-order valence-electron chi connectivity index (χ4n) is 6.05. The van der Waals surface area contributed by atoms with E-state index in [9.17, 15) is 0 Å². The normalized spacial score (nSPS) is 35.7. The van der Waals surface area contributed by atoms with Crippen molar-refractivity contribution in [3.05, 3.63) is 20.8 Å². The Morgan fingerprint density at radius 2 is 1.75 bits per heavy atom. The smallest absolute Gasteiger partial charge is 0.351 e. The van der Waals surface area contributed by atoms with E-state index in [-0.39, 0.29) is 27.9 Å². The SMILES string of the molecule is CC(C)=C1CC[C@]23CO[Si](C(C)(C)C)(C(C)(C)C)OC2O[C@@H](C/C(C)=C/I)[C@H]13. The predicted octanol–water partition coefficient (Wildman–Crippen LogP) is 7.26. The molecule has 1 spiro atoms. The molecule has 0 aromatic heterocycles. The zero-order valence-electron chi connectivity index (χ0n) is 19.2. The molecule has 1 saturated carbocycles. The first-order chi connectivity index (χ1) is 12.8. The van der Waals surface area contributed by atoms with Crippen LogP contribution in [0.2, 0.25) is 10.1 Å². The Bertz CT molecular complexity index is 667. The molecule has 2 heterocycles. The minimum atomic E-state index is -2.52. The first-order valence-electron chi connectivity index (χ1n) is 10.7. The maximum Gasteiger partial charge on any atom is 0.351 e. The highest BCUT2D eigenvalue weighted by atomic mass is 127. The molecule has 4 atom stereocenters. The Labute approximate surface area is 187 Å². The first-order valence-corrected chi connectivity index (χ1v) is 13.7. The van der Waals surface area contributed by atoms with Crippen molar-refractivity contribution in [3.63, 3.8) is 0 Å². The maximum absolute atomic E-state index is 7.06. The average Bonchev–Trinajstić information content (AvgIpc) is 3.06. The van der Waals surface area contributed by atoms with Crippen molar-refractivity contribution >= 4 is 31.2 Å². The van der Waals surface area contributed by atoms with Gasteiger partial charge in [0.15, 0.2) is 6.29 Å². The van der Waals surface area contributed by atoms with E-state index in [4.69, 9.17) is 13.6 Å². The van der Waals surface area contributed by atoms with Gasteiger partial charge in [-0.05, 0) is 44.1 Å². The van der Waals surface area contributed by atoms with Crippen molar-refractivity contribution < 1.29 is 13.6 Å². The van der Waals surface area contributed by atoms with E-state index in [1.54, 1.807) is 5.57 Å². The summed E-state index contributed by atoms with van der Waals surface area (Å²) >= 11 is 2.35. The van der Waals surface area contributed by atoms with E-state index >= 15 is 0 Å². The molecule has 0 amide bonds. The highest BCUT2D eigenvalue weighted by Crippen LogP contribution is 2.65. The number of hydrogen-bond acceptors (Lipinski definition) is 3. The molecule has 2 saturated heterocycles. The van der Waals surface area contributed by atoms with E-state index in [0.717, 1.165) is 25.9 Å². The number of rotatable bonds is 2. The summed E-state index contributed by atoms with van der Waals surface area (Å²) < 4.78 is 22.9. The molecular formula is C23H39IO3Si. The number of halogens is 1. The second kappa shape index (κ2) is 7.47. The summed E-state index contributed by atoms with van der Waals surface area (Å²) in [6.07, 6.45) is 3.30. The van der Waals surface area contributed by atoms with E-state index in [1.165, 1.54) is 11.1 Å². The van der Waals surface area contributed by atoms with Gasteiger partial charge in [0.2, 0.25) is 0 Å². The average molecular weight is 519 g/mol. The number of ether oxygens (including phenoxy) is 1. The van der Waals surface area contributed by atoms with Gasteiger partial charge < -0.3 is 13.6 Å². The van der Waals surface area contributed by atoms with E-state index in [1.807, 2.05) is 0 Å². The van der Waals surface area contributed by atoms with E-state index < -0.39 is 8.56 Å². The van der Waals surface area contributed by atoms with Crippen molar-refractivity contribution in [1.82, 2.24) is 0 Å². The molecule has 28 heavy (non-hydrogen) atoms. The van der Waals surface area contributed by atoms with Gasteiger partial charge in [0.1, 0.15) is 0 Å². The summed E-state index contributed by atoms with van der Waals surface area (Å²) in [6, 6.07) is 0. The van der Waals surface area contributed by atoms with Crippen LogP contribution in [0.4, 0.5) is 0 Å². The Balaban J connectivity index is 2.04. The van der Waals surface area contributed by atoms with Gasteiger partial charge in [0.25, 0.3) is 0 Å². The molecule has 3 aliphatic rings. The van der Waals surface area contributed by atoms with Gasteiger partial charge in [-0.2, -0.15) is 0 Å². The summed E-state index contributed by atoms with van der Waals surface area (Å²) in [5.41, 5.74) is 4.40. The fourth-order valence-corrected chi connectivity index (χ4v) is 11.3. The van der Waals surface area contributed by atoms with Crippen LogP contribution in [-0.4, -0.2) is 27.6 Å². The summed E-state index contributed by atoms with van der Waals surface area (Å²) in [5.74, 6) is 0.417. The Hall–Kier alpha value is 0.307. The van der Waals surface area contributed by atoms with Crippen molar-refractivity contribution in [1.29, 1.82) is 0 Å². The second-order valence-corrected chi connectivity index (χ2v) is 16.8. The van der Waals surface area contributed by atoms with Gasteiger partial charge in [0.05, 0.1) is 11.5 Å². The van der Waals surface area contributed by atoms with Crippen molar-refractivity contribution in [2.75, 3.05) is 6.61 Å². The highest BCUT2D eigenvalue weighted by Gasteiger charge is 2.70. The second-order valence-electron chi connectivity index (χ2n) is 11.4. The largest absolute Gasteiger partial charge is 0.393 e. The van der Waals surface area contributed by atoms with Crippen molar-refractivity contribution in [2.45, 2.75) is 104 Å². The van der Waals surface area contributed by atoms with Crippen LogP contribution in [0.1, 0.15) is 81.6 Å². The lowest BCUT2D eigenvalue weighted by atomic mass is 9.74. The molecule has 1 unspecified atom stereocenters. The maximum atomic E-state index is 7.06. The zero-order valence-corrected chi connectivity index (χ0v) is 22.4. The van der Waals surface area contributed by atoms with E-state index in [0.29, 0.717) is 5.92 Å². The van der Waals surface area contributed by atoms with Gasteiger partial charge in [-0.1, -0.05) is 80.9 Å². The lowest BCUT2D eigenvalue weighted by Crippen LogP contribution is -2.65. The Morgan fingerprint density at radius 3 is 2.25 bits per heavy atom. The molecule has 1 aliphatic carbocycles. The van der Waals surface area contributed by atoms with E-state index in [2.05, 4.69) is 89.0 Å². The lowest BCUT2D eigenvalue weighted by molar-refractivity contribution is -0.180. The molecule has 2 aliphatic heterocycles. The standard InChI is InChI=1S/C23H39IO3Si/c1-15(2)17-10-11-23-14-25-28(21(4,5)6,22(7,8)9)27-20(23)26-18(19(17)23)12-16(3)13-24/h13,18-20H,10-12,14H2,1-9H3/b16-13+/t18-,19-,20?,23+/m0/s1. The van der Waals surface area contributed by atoms with Crippen LogP contribution in [0, 0.1) is 11.3 Å². The lowest BCUT2D eigenvalue weighted by Gasteiger charge is -2.56. The summed E-state index contributed by atoms with van der Waals surface area (Å²) in [4.78, 5) is 0. The van der Waals surface area contributed by atoms with Gasteiger partial charge in [-0.15, -0.1) is 0 Å². The molecule has 160 valence electrons. The Kier molecular flexibility index (Phi) is 6.13. The third-order valence-electron chi connectivity index (χ3n) is 7.14. The summed E-state index contributed by atoms with van der Waals surface area (Å²) in [6.45, 7) is 21.2. The number of hydrogen-bond donors (Lipinski definition) is 0. The van der Waals surface area contributed by atoms with Crippen LogP contribution in [0.25, 0.3) is 0 Å². The molecular weight excluding hydrogens is 479 g/mol. The van der Waals surface area contributed by atoms with Crippen molar-refractivity contribution in [2.24, 2.45) is 11.3 Å². The topological polar surface area (TPSA) is 27.7 Å². The van der Waals surface area contributed by atoms with Crippen molar-refractivity contribution in [3.8, 4) is 0 Å². The quantitative estimate of drug-likeness (QED) is 0.219. The molecule has 5 heteroatoms. The summed E-state index contributed by atoms with van der Waals surface area (Å²) in [5, 5.41) is -0.0282. The Morgan fingerprint density at radius 1 is 1.14 bits per heavy atom. The minimum absolute atomic E-state index is 0.0141. The van der Waals surface area contributed by atoms with Gasteiger partial charge >= 0.3 is 8.56 Å². The fraction of sp³-hybridized carbons (Fsp3) is 0.826. The molecule has 0 aromatic carbocycles. The molecule has 0 bridgehead atoms. The molecule has 0 radical (unpaired) electrons. The number of allylic oxidation sites excluding steroid dienone is 1. The van der Waals surface area contributed by atoms with Crippen LogP contribution in [0.15, 0.2) is 20.8 Å².